The first-order valence-electron chi connectivity index (χ1n) is 6.84. The minimum atomic E-state index is -3.57. The van der Waals surface area contributed by atoms with Gasteiger partial charge in [0.15, 0.2) is 0 Å². The lowest BCUT2D eigenvalue weighted by Gasteiger charge is -2.31. The third-order valence-corrected chi connectivity index (χ3v) is 6.36. The van der Waals surface area contributed by atoms with Crippen LogP contribution in [0, 0.1) is 5.82 Å². The second-order valence-electron chi connectivity index (χ2n) is 5.01. The van der Waals surface area contributed by atoms with Gasteiger partial charge < -0.3 is 4.74 Å². The number of hydrogen-bond acceptors (Lipinski definition) is 4. The van der Waals surface area contributed by atoms with E-state index in [9.17, 15) is 12.8 Å². The first-order chi connectivity index (χ1) is 10.1. The molecule has 21 heavy (non-hydrogen) atoms. The molecule has 2 aliphatic heterocycles. The maximum Gasteiger partial charge on any atom is 0.280 e. The number of nitrogens with one attached hydrogen (secondary N) is 1. The van der Waals surface area contributed by atoms with Gasteiger partial charge in [0.05, 0.1) is 13.2 Å². The number of hydrogen-bond donors (Lipinski definition) is 1. The fourth-order valence-corrected chi connectivity index (χ4v) is 5.02. The van der Waals surface area contributed by atoms with Gasteiger partial charge in [-0.15, -0.1) is 11.8 Å². The van der Waals surface area contributed by atoms with Crippen molar-refractivity contribution in [2.75, 3.05) is 32.1 Å². The predicted molar refractivity (Wildman–Crippen MR) is 78.9 cm³/mol. The number of halogens is 1. The summed E-state index contributed by atoms with van der Waals surface area (Å²) in [6.07, 6.45) is 0.657. The molecule has 1 atom stereocenters. The molecule has 0 bridgehead atoms. The van der Waals surface area contributed by atoms with Crippen LogP contribution in [-0.4, -0.2) is 44.8 Å². The van der Waals surface area contributed by atoms with Crippen molar-refractivity contribution in [2.24, 2.45) is 0 Å². The minimum absolute atomic E-state index is 0.341. The van der Waals surface area contributed by atoms with Crippen molar-refractivity contribution in [2.45, 2.75) is 17.4 Å². The van der Waals surface area contributed by atoms with Crippen molar-refractivity contribution in [1.82, 2.24) is 9.03 Å². The lowest BCUT2D eigenvalue weighted by molar-refractivity contribution is 0.0723. The van der Waals surface area contributed by atoms with E-state index in [1.54, 1.807) is 17.8 Å². The highest BCUT2D eigenvalue weighted by Gasteiger charge is 2.30. The van der Waals surface area contributed by atoms with Gasteiger partial charge in [-0.2, -0.15) is 17.4 Å². The Hall–Kier alpha value is -0.670. The molecule has 1 aromatic rings. The van der Waals surface area contributed by atoms with Gasteiger partial charge in [-0.3, -0.25) is 0 Å². The van der Waals surface area contributed by atoms with Crippen molar-refractivity contribution in [3.05, 3.63) is 29.6 Å². The zero-order chi connectivity index (χ0) is 14.9. The number of rotatable bonds is 3. The molecule has 2 aliphatic rings. The fraction of sp³-hybridized carbons (Fsp3) is 0.538. The molecular formula is C13H17FN2O3S2. The van der Waals surface area contributed by atoms with Crippen molar-refractivity contribution in [3.63, 3.8) is 0 Å². The lowest BCUT2D eigenvalue weighted by Crippen LogP contribution is -2.47. The van der Waals surface area contributed by atoms with Crippen LogP contribution in [0.25, 0.3) is 0 Å². The molecule has 0 unspecified atom stereocenters. The second kappa shape index (κ2) is 6.21. The van der Waals surface area contributed by atoms with E-state index in [2.05, 4.69) is 4.72 Å². The molecule has 1 N–H and O–H groups in total. The Kier molecular flexibility index (Phi) is 4.51. The van der Waals surface area contributed by atoms with Gasteiger partial charge in [0.25, 0.3) is 10.2 Å². The fourth-order valence-electron chi connectivity index (χ4n) is 2.53. The number of ether oxygens (including phenoxy) is 1. The first-order valence-corrected chi connectivity index (χ1v) is 9.26. The maximum absolute atomic E-state index is 13.4. The van der Waals surface area contributed by atoms with E-state index in [4.69, 9.17) is 4.74 Å². The number of morpholine rings is 1. The molecule has 0 radical (unpaired) electrons. The molecule has 0 aliphatic carbocycles. The average molecular weight is 332 g/mol. The number of nitrogens with zero attached hydrogens (tertiary/aromatic N) is 1. The summed E-state index contributed by atoms with van der Waals surface area (Å²) in [7, 11) is -3.57. The molecule has 1 saturated heterocycles. The molecule has 0 spiro atoms. The zero-order valence-electron chi connectivity index (χ0n) is 11.4. The highest BCUT2D eigenvalue weighted by Crippen LogP contribution is 2.36. The normalized spacial score (nSPS) is 23.8. The molecule has 1 fully saturated rings. The second-order valence-corrected chi connectivity index (χ2v) is 7.85. The summed E-state index contributed by atoms with van der Waals surface area (Å²) in [6, 6.07) is 4.17. The monoisotopic (exact) mass is 332 g/mol. The molecule has 0 saturated carbocycles. The lowest BCUT2D eigenvalue weighted by atomic mass is 10.0. The van der Waals surface area contributed by atoms with E-state index in [0.717, 1.165) is 16.2 Å². The van der Waals surface area contributed by atoms with Crippen LogP contribution >= 0.6 is 11.8 Å². The van der Waals surface area contributed by atoms with E-state index >= 15 is 0 Å². The summed E-state index contributed by atoms with van der Waals surface area (Å²) in [6.45, 7) is 1.53. The Labute approximate surface area is 128 Å². The van der Waals surface area contributed by atoms with Crippen LogP contribution in [0.15, 0.2) is 23.1 Å². The smallest absolute Gasteiger partial charge is 0.280 e. The number of thioether (sulfide) groups is 1. The Morgan fingerprint density at radius 1 is 1.33 bits per heavy atom. The summed E-state index contributed by atoms with van der Waals surface area (Å²) >= 11 is 1.63. The zero-order valence-corrected chi connectivity index (χ0v) is 13.1. The third kappa shape index (κ3) is 3.40. The number of fused-ring (bicyclic) bond motifs is 1. The summed E-state index contributed by atoms with van der Waals surface area (Å²) in [4.78, 5) is 0.942. The highest BCUT2D eigenvalue weighted by molar-refractivity contribution is 7.99. The van der Waals surface area contributed by atoms with Crippen LogP contribution in [-0.2, 0) is 14.9 Å². The summed E-state index contributed by atoms with van der Waals surface area (Å²) in [5, 5.41) is 0. The van der Waals surface area contributed by atoms with Crippen LogP contribution in [0.3, 0.4) is 0 Å². The molecule has 0 amide bonds. The predicted octanol–water partition coefficient (Wildman–Crippen LogP) is 1.53. The Morgan fingerprint density at radius 3 is 2.86 bits per heavy atom. The van der Waals surface area contributed by atoms with E-state index in [1.807, 2.05) is 0 Å². The van der Waals surface area contributed by atoms with Gasteiger partial charge in [0.2, 0.25) is 0 Å². The molecule has 116 valence electrons. The van der Waals surface area contributed by atoms with E-state index in [0.29, 0.717) is 32.7 Å². The van der Waals surface area contributed by atoms with Crippen molar-refractivity contribution >= 4 is 22.0 Å². The van der Waals surface area contributed by atoms with E-state index in [1.165, 1.54) is 16.4 Å². The maximum atomic E-state index is 13.4. The molecule has 8 heteroatoms. The van der Waals surface area contributed by atoms with Gasteiger partial charge in [-0.25, -0.2) is 4.39 Å². The van der Waals surface area contributed by atoms with Crippen LogP contribution in [0.4, 0.5) is 4.39 Å². The number of benzene rings is 1. The standard InChI is InChI=1S/C13H17FN2O3S2/c14-10-1-2-13-11(9-10)12(3-8-20-13)15-21(17,18)16-4-6-19-7-5-16/h1-2,9,12,15H,3-8H2/t12-/m1/s1. The molecule has 2 heterocycles. The quantitative estimate of drug-likeness (QED) is 0.912. The molecule has 3 rings (SSSR count). The molecule has 5 nitrogen and oxygen atoms in total. The van der Waals surface area contributed by atoms with E-state index in [-0.39, 0.29) is 11.9 Å². The topological polar surface area (TPSA) is 58.6 Å². The highest BCUT2D eigenvalue weighted by atomic mass is 32.2. The van der Waals surface area contributed by atoms with Crippen LogP contribution in [0.5, 0.6) is 0 Å². The summed E-state index contributed by atoms with van der Waals surface area (Å²) in [5.74, 6) is 0.474. The van der Waals surface area contributed by atoms with Crippen LogP contribution < -0.4 is 4.72 Å². The largest absolute Gasteiger partial charge is 0.379 e. The molecular weight excluding hydrogens is 315 g/mol. The Morgan fingerprint density at radius 2 is 2.10 bits per heavy atom. The van der Waals surface area contributed by atoms with Gasteiger partial charge in [0, 0.05) is 24.0 Å². The van der Waals surface area contributed by atoms with Crippen LogP contribution in [0.2, 0.25) is 0 Å². The summed E-state index contributed by atoms with van der Waals surface area (Å²) in [5.41, 5.74) is 0.725. The van der Waals surface area contributed by atoms with Crippen LogP contribution in [0.1, 0.15) is 18.0 Å². The SMILES string of the molecule is O=S(=O)(N[C@@H]1CCSc2ccc(F)cc21)N1CCOCC1. The van der Waals surface area contributed by atoms with Crippen molar-refractivity contribution in [3.8, 4) is 0 Å². The Balaban J connectivity index is 1.81. The van der Waals surface area contributed by atoms with Gasteiger partial charge in [0.1, 0.15) is 5.82 Å². The minimum Gasteiger partial charge on any atom is -0.379 e. The Bertz CT molecular complexity index is 618. The average Bonchev–Trinajstić information content (AvgIpc) is 2.48. The van der Waals surface area contributed by atoms with Gasteiger partial charge in [-0.05, 0) is 35.9 Å². The molecule has 0 aromatic heterocycles. The third-order valence-electron chi connectivity index (χ3n) is 3.61. The van der Waals surface area contributed by atoms with Gasteiger partial charge >= 0.3 is 0 Å². The van der Waals surface area contributed by atoms with E-state index < -0.39 is 10.2 Å². The van der Waals surface area contributed by atoms with Crippen molar-refractivity contribution < 1.29 is 17.5 Å². The van der Waals surface area contributed by atoms with Crippen molar-refractivity contribution in [1.29, 1.82) is 0 Å². The molecule has 1 aromatic carbocycles. The first kappa shape index (κ1) is 15.2. The summed E-state index contributed by atoms with van der Waals surface area (Å²) < 4.78 is 47.5. The van der Waals surface area contributed by atoms with Gasteiger partial charge in [-0.1, -0.05) is 0 Å².